The lowest BCUT2D eigenvalue weighted by Crippen LogP contribution is -2.30. The number of ether oxygens (including phenoxy) is 2. The normalized spacial score (nSPS) is 20.0. The molecule has 6 heteroatoms. The molecule has 29 heavy (non-hydrogen) atoms. The fourth-order valence-electron chi connectivity index (χ4n) is 4.04. The van der Waals surface area contributed by atoms with Gasteiger partial charge in [0.1, 0.15) is 0 Å². The van der Waals surface area contributed by atoms with Gasteiger partial charge in [-0.1, -0.05) is 49.2 Å². The maximum absolute atomic E-state index is 12.7. The van der Waals surface area contributed by atoms with Crippen LogP contribution in [0.2, 0.25) is 0 Å². The van der Waals surface area contributed by atoms with Crippen molar-refractivity contribution in [3.63, 3.8) is 0 Å². The fourth-order valence-corrected chi connectivity index (χ4v) is 4.04. The number of rotatable bonds is 8. The maximum Gasteiger partial charge on any atom is 0.257 e. The van der Waals surface area contributed by atoms with E-state index in [0.29, 0.717) is 29.1 Å². The molecule has 2 heterocycles. The fraction of sp³-hybridized carbons (Fsp3) is 0.435. The van der Waals surface area contributed by atoms with Gasteiger partial charge in [0.25, 0.3) is 5.91 Å². The molecule has 2 aliphatic rings. The summed E-state index contributed by atoms with van der Waals surface area (Å²) in [5.41, 5.74) is 8.76. The van der Waals surface area contributed by atoms with E-state index in [4.69, 9.17) is 9.47 Å². The van der Waals surface area contributed by atoms with Crippen molar-refractivity contribution >= 4 is 5.91 Å². The van der Waals surface area contributed by atoms with E-state index >= 15 is 0 Å². The molecular formula is C23H29N3O3. The van der Waals surface area contributed by atoms with Crippen molar-refractivity contribution in [1.29, 1.82) is 0 Å². The van der Waals surface area contributed by atoms with E-state index in [1.54, 1.807) is 11.0 Å². The molecular weight excluding hydrogens is 366 g/mol. The second-order valence-electron chi connectivity index (χ2n) is 7.80. The van der Waals surface area contributed by atoms with Gasteiger partial charge < -0.3 is 14.4 Å². The third kappa shape index (κ3) is 4.71. The zero-order chi connectivity index (χ0) is 20.1. The highest BCUT2D eigenvalue weighted by Gasteiger charge is 2.25. The maximum atomic E-state index is 12.7. The van der Waals surface area contributed by atoms with Gasteiger partial charge in [0, 0.05) is 25.7 Å². The number of hydrogen-bond acceptors (Lipinski definition) is 5. The zero-order valence-corrected chi connectivity index (χ0v) is 16.9. The molecule has 6 nitrogen and oxygen atoms in total. The summed E-state index contributed by atoms with van der Waals surface area (Å²) in [4.78, 5) is 14.5. The Kier molecular flexibility index (Phi) is 6.32. The second-order valence-corrected chi connectivity index (χ2v) is 7.80. The number of carbonyl (C=O) groups is 1. The first-order valence-electron chi connectivity index (χ1n) is 10.4. The van der Waals surface area contributed by atoms with E-state index in [2.05, 4.69) is 41.2 Å². The van der Waals surface area contributed by atoms with Gasteiger partial charge in [0.05, 0.1) is 5.56 Å². The van der Waals surface area contributed by atoms with Gasteiger partial charge in [-0.2, -0.15) is 0 Å². The van der Waals surface area contributed by atoms with E-state index in [0.717, 1.165) is 38.6 Å². The molecule has 2 unspecified atom stereocenters. The Labute approximate surface area is 172 Å². The summed E-state index contributed by atoms with van der Waals surface area (Å²) in [5.74, 6) is 1.20. The lowest BCUT2D eigenvalue weighted by Gasteiger charge is -2.18. The third-order valence-corrected chi connectivity index (χ3v) is 5.70. The van der Waals surface area contributed by atoms with Crippen LogP contribution in [0.15, 0.2) is 48.5 Å². The van der Waals surface area contributed by atoms with Gasteiger partial charge in [-0.3, -0.25) is 15.6 Å². The number of unbranched alkanes of at least 4 members (excludes halogenated alkanes) is 2. The summed E-state index contributed by atoms with van der Waals surface area (Å²) in [6.45, 7) is 0.922. The van der Waals surface area contributed by atoms with Crippen molar-refractivity contribution in [3.8, 4) is 11.5 Å². The van der Waals surface area contributed by atoms with E-state index in [9.17, 15) is 4.79 Å². The molecule has 1 fully saturated rings. The number of carbonyl (C=O) groups excluding carboxylic acids is 1. The van der Waals surface area contributed by atoms with Gasteiger partial charge in [-0.05, 0) is 37.0 Å². The highest BCUT2D eigenvalue weighted by molar-refractivity contribution is 5.97. The average molecular weight is 396 g/mol. The van der Waals surface area contributed by atoms with Gasteiger partial charge >= 0.3 is 0 Å². The second kappa shape index (κ2) is 9.29. The Balaban J connectivity index is 1.16. The van der Waals surface area contributed by atoms with Crippen LogP contribution in [0, 0.1) is 0 Å². The molecule has 2 N–H and O–H groups in total. The zero-order valence-electron chi connectivity index (χ0n) is 16.9. The Hall–Kier alpha value is -2.57. The monoisotopic (exact) mass is 395 g/mol. The Morgan fingerprint density at radius 1 is 1.03 bits per heavy atom. The van der Waals surface area contributed by atoms with Gasteiger partial charge in [-0.25, -0.2) is 0 Å². The Morgan fingerprint density at radius 2 is 1.90 bits per heavy atom. The Bertz CT molecular complexity index is 827. The summed E-state index contributed by atoms with van der Waals surface area (Å²) in [7, 11) is 1.85. The molecule has 2 aromatic rings. The quantitative estimate of drug-likeness (QED) is 0.668. The molecule has 2 atom stereocenters. The number of nitrogens with zero attached hydrogens (tertiary/aromatic N) is 1. The predicted octanol–water partition coefficient (Wildman–Crippen LogP) is 3.66. The standard InChI is InChI=1S/C23H29N3O3/c1-26(23(27)19-12-8-13-21-22(19)29-16-28-21)14-7-3-6-11-18-15-20(25-24-18)17-9-4-2-5-10-17/h2,4-5,8-10,12-13,18,20,24-25H,3,6-7,11,14-16H2,1H3. The number of fused-ring (bicyclic) bond motifs is 1. The molecule has 0 spiro atoms. The SMILES string of the molecule is CN(CCCCCC1CC(c2ccccc2)NN1)C(=O)c1cccc2c1OCO2. The molecule has 0 saturated carbocycles. The third-order valence-electron chi connectivity index (χ3n) is 5.70. The number of hydrazine groups is 1. The minimum atomic E-state index is -0.0142. The summed E-state index contributed by atoms with van der Waals surface area (Å²) in [5, 5.41) is 0. The van der Waals surface area contributed by atoms with Crippen LogP contribution in [-0.2, 0) is 0 Å². The van der Waals surface area contributed by atoms with Crippen molar-refractivity contribution in [1.82, 2.24) is 15.8 Å². The first kappa shape index (κ1) is 19.7. The number of para-hydroxylation sites is 1. The molecule has 1 saturated heterocycles. The van der Waals surface area contributed by atoms with Crippen molar-refractivity contribution in [2.75, 3.05) is 20.4 Å². The van der Waals surface area contributed by atoms with Crippen LogP contribution in [-0.4, -0.2) is 37.2 Å². The minimum Gasteiger partial charge on any atom is -0.454 e. The highest BCUT2D eigenvalue weighted by Crippen LogP contribution is 2.35. The predicted molar refractivity (Wildman–Crippen MR) is 112 cm³/mol. The van der Waals surface area contributed by atoms with Crippen LogP contribution in [0.5, 0.6) is 11.5 Å². The number of amides is 1. The van der Waals surface area contributed by atoms with Crippen molar-refractivity contribution < 1.29 is 14.3 Å². The summed E-state index contributed by atoms with van der Waals surface area (Å²) in [6, 6.07) is 16.9. The highest BCUT2D eigenvalue weighted by atomic mass is 16.7. The topological polar surface area (TPSA) is 62.8 Å². The minimum absolute atomic E-state index is 0.0142. The lowest BCUT2D eigenvalue weighted by molar-refractivity contribution is 0.0787. The van der Waals surface area contributed by atoms with Crippen molar-refractivity contribution in [2.24, 2.45) is 0 Å². The van der Waals surface area contributed by atoms with Crippen molar-refractivity contribution in [3.05, 3.63) is 59.7 Å². The molecule has 0 aromatic heterocycles. The molecule has 4 rings (SSSR count). The smallest absolute Gasteiger partial charge is 0.257 e. The molecule has 1 amide bonds. The van der Waals surface area contributed by atoms with Crippen molar-refractivity contribution in [2.45, 2.75) is 44.2 Å². The number of benzene rings is 2. The molecule has 0 radical (unpaired) electrons. The van der Waals surface area contributed by atoms with E-state index in [-0.39, 0.29) is 12.7 Å². The van der Waals surface area contributed by atoms with Crippen LogP contribution >= 0.6 is 0 Å². The summed E-state index contributed by atoms with van der Waals surface area (Å²) < 4.78 is 10.8. The molecule has 154 valence electrons. The number of hydrogen-bond donors (Lipinski definition) is 2. The van der Waals surface area contributed by atoms with Crippen LogP contribution in [0.25, 0.3) is 0 Å². The van der Waals surface area contributed by atoms with E-state index in [1.807, 2.05) is 19.2 Å². The largest absolute Gasteiger partial charge is 0.454 e. The van der Waals surface area contributed by atoms with Crippen LogP contribution in [0.4, 0.5) is 0 Å². The molecule has 0 aliphatic carbocycles. The van der Waals surface area contributed by atoms with E-state index in [1.165, 1.54) is 5.56 Å². The van der Waals surface area contributed by atoms with Gasteiger partial charge in [-0.15, -0.1) is 0 Å². The first-order chi connectivity index (χ1) is 14.2. The average Bonchev–Trinajstić information content (AvgIpc) is 3.43. The van der Waals surface area contributed by atoms with Gasteiger partial charge in [0.2, 0.25) is 6.79 Å². The number of nitrogens with one attached hydrogen (secondary N) is 2. The van der Waals surface area contributed by atoms with Crippen LogP contribution in [0.1, 0.15) is 54.1 Å². The van der Waals surface area contributed by atoms with E-state index < -0.39 is 0 Å². The first-order valence-corrected chi connectivity index (χ1v) is 10.4. The summed E-state index contributed by atoms with van der Waals surface area (Å²) >= 11 is 0. The van der Waals surface area contributed by atoms with Crippen LogP contribution < -0.4 is 20.3 Å². The van der Waals surface area contributed by atoms with Gasteiger partial charge in [0.15, 0.2) is 11.5 Å². The Morgan fingerprint density at radius 3 is 2.76 bits per heavy atom. The molecule has 2 aliphatic heterocycles. The molecule has 0 bridgehead atoms. The molecule has 2 aromatic carbocycles. The van der Waals surface area contributed by atoms with Crippen LogP contribution in [0.3, 0.4) is 0 Å². The lowest BCUT2D eigenvalue weighted by atomic mass is 9.99. The summed E-state index contributed by atoms with van der Waals surface area (Å²) in [6.07, 6.45) is 5.52.